The molecule has 2 saturated heterocycles. The van der Waals surface area contributed by atoms with E-state index in [0.29, 0.717) is 30.4 Å². The number of piperazine rings is 1. The molecule has 2 aliphatic rings. The van der Waals surface area contributed by atoms with Crippen molar-refractivity contribution in [1.29, 1.82) is 0 Å². The third-order valence-corrected chi connectivity index (χ3v) is 7.59. The van der Waals surface area contributed by atoms with Gasteiger partial charge in [-0.2, -0.15) is 0 Å². The molecule has 0 atom stereocenters. The standard InChI is InChI=1S/C26H26N6O2S/c1-18-4-6-27-24(12-18)32-7-5-19-13-20(2-3-23(19)32)25(33)31-14-21(15-31)29-8-10-30(11-9-29)26(34)22-16-35-17-28-22/h2-7,12-13,16-17,21H,8-11,14-15H2,1H3. The molecule has 0 bridgehead atoms. The minimum atomic E-state index is 0.0127. The van der Waals surface area contributed by atoms with Gasteiger partial charge in [-0.1, -0.05) is 0 Å². The lowest BCUT2D eigenvalue weighted by Gasteiger charge is -2.48. The minimum absolute atomic E-state index is 0.0127. The summed E-state index contributed by atoms with van der Waals surface area (Å²) >= 11 is 1.44. The average Bonchev–Trinajstić information content (AvgIpc) is 3.53. The Morgan fingerprint density at radius 3 is 2.51 bits per heavy atom. The second kappa shape index (κ2) is 8.90. The number of fused-ring (bicyclic) bond motifs is 1. The maximum atomic E-state index is 13.1. The Bertz CT molecular complexity index is 1380. The van der Waals surface area contributed by atoms with E-state index < -0.39 is 0 Å². The van der Waals surface area contributed by atoms with Crippen LogP contribution in [0.15, 0.2) is 59.7 Å². The number of carbonyl (C=O) groups excluding carboxylic acids is 2. The van der Waals surface area contributed by atoms with E-state index in [1.54, 1.807) is 10.9 Å². The molecule has 8 nitrogen and oxygen atoms in total. The predicted octanol–water partition coefficient (Wildman–Crippen LogP) is 3.07. The van der Waals surface area contributed by atoms with Gasteiger partial charge in [0.05, 0.1) is 11.0 Å². The van der Waals surface area contributed by atoms with Gasteiger partial charge in [0.2, 0.25) is 0 Å². The number of thiazole rings is 1. The van der Waals surface area contributed by atoms with Crippen LogP contribution in [0.1, 0.15) is 26.4 Å². The van der Waals surface area contributed by atoms with Crippen LogP contribution in [-0.4, -0.2) is 86.4 Å². The number of nitrogens with zero attached hydrogens (tertiary/aromatic N) is 6. The Morgan fingerprint density at radius 2 is 1.77 bits per heavy atom. The monoisotopic (exact) mass is 486 g/mol. The lowest BCUT2D eigenvalue weighted by Crippen LogP contribution is -2.64. The number of aryl methyl sites for hydroxylation is 1. The summed E-state index contributed by atoms with van der Waals surface area (Å²) in [7, 11) is 0. The van der Waals surface area contributed by atoms with E-state index in [1.807, 2.05) is 58.6 Å². The molecule has 2 fully saturated rings. The third kappa shape index (κ3) is 4.11. The Balaban J connectivity index is 1.07. The number of aromatic nitrogens is 3. The van der Waals surface area contributed by atoms with E-state index in [9.17, 15) is 9.59 Å². The van der Waals surface area contributed by atoms with Crippen molar-refractivity contribution in [2.75, 3.05) is 39.3 Å². The zero-order chi connectivity index (χ0) is 23.9. The molecule has 1 aromatic carbocycles. The van der Waals surface area contributed by atoms with E-state index in [4.69, 9.17) is 0 Å². The number of likely N-dealkylation sites (tertiary alicyclic amines) is 1. The van der Waals surface area contributed by atoms with E-state index in [0.717, 1.165) is 48.5 Å². The molecule has 3 aromatic heterocycles. The fourth-order valence-electron chi connectivity index (χ4n) is 4.93. The maximum Gasteiger partial charge on any atom is 0.273 e. The molecule has 9 heteroatoms. The minimum Gasteiger partial charge on any atom is -0.335 e. The zero-order valence-corrected chi connectivity index (χ0v) is 20.3. The Hall–Kier alpha value is -3.56. The van der Waals surface area contributed by atoms with Gasteiger partial charge in [0.25, 0.3) is 11.8 Å². The lowest BCUT2D eigenvalue weighted by molar-refractivity contribution is 0.00845. The molecule has 4 aromatic rings. The first-order valence-electron chi connectivity index (χ1n) is 11.8. The fraction of sp³-hybridized carbons (Fsp3) is 0.308. The first-order chi connectivity index (χ1) is 17.1. The van der Waals surface area contributed by atoms with Gasteiger partial charge in [-0.25, -0.2) is 9.97 Å². The second-order valence-electron chi connectivity index (χ2n) is 9.22. The molecule has 0 N–H and O–H groups in total. The van der Waals surface area contributed by atoms with Crippen molar-refractivity contribution in [2.24, 2.45) is 0 Å². The van der Waals surface area contributed by atoms with Crippen molar-refractivity contribution >= 4 is 34.1 Å². The molecule has 5 heterocycles. The van der Waals surface area contributed by atoms with Crippen LogP contribution in [0, 0.1) is 6.92 Å². The van der Waals surface area contributed by atoms with Crippen LogP contribution in [-0.2, 0) is 0 Å². The molecule has 178 valence electrons. The highest BCUT2D eigenvalue weighted by Gasteiger charge is 2.37. The first-order valence-corrected chi connectivity index (χ1v) is 12.8. The zero-order valence-electron chi connectivity index (χ0n) is 19.5. The molecule has 0 aliphatic carbocycles. The lowest BCUT2D eigenvalue weighted by atomic mass is 10.0. The first kappa shape index (κ1) is 21.9. The van der Waals surface area contributed by atoms with Crippen LogP contribution in [0.25, 0.3) is 16.7 Å². The molecule has 0 saturated carbocycles. The summed E-state index contributed by atoms with van der Waals surface area (Å²) in [6.45, 7) is 6.56. The number of amides is 2. The second-order valence-corrected chi connectivity index (χ2v) is 9.94. The molecular weight excluding hydrogens is 460 g/mol. The van der Waals surface area contributed by atoms with Crippen molar-refractivity contribution in [1.82, 2.24) is 29.2 Å². The predicted molar refractivity (Wildman–Crippen MR) is 135 cm³/mol. The van der Waals surface area contributed by atoms with Gasteiger partial charge in [0.1, 0.15) is 11.5 Å². The normalized spacial score (nSPS) is 17.1. The van der Waals surface area contributed by atoms with Crippen molar-refractivity contribution in [3.63, 3.8) is 0 Å². The van der Waals surface area contributed by atoms with Crippen molar-refractivity contribution in [3.8, 4) is 5.82 Å². The topological polar surface area (TPSA) is 74.6 Å². The number of hydrogen-bond donors (Lipinski definition) is 0. The van der Waals surface area contributed by atoms with Crippen molar-refractivity contribution in [3.05, 3.63) is 76.5 Å². The van der Waals surface area contributed by atoms with Gasteiger partial charge >= 0.3 is 0 Å². The Morgan fingerprint density at radius 1 is 0.943 bits per heavy atom. The van der Waals surface area contributed by atoms with Gasteiger partial charge in [-0.15, -0.1) is 11.3 Å². The van der Waals surface area contributed by atoms with Gasteiger partial charge in [-0.3, -0.25) is 14.5 Å². The number of pyridine rings is 1. The molecular formula is C26H26N6O2S. The molecule has 0 radical (unpaired) electrons. The highest BCUT2D eigenvalue weighted by molar-refractivity contribution is 7.07. The number of carbonyl (C=O) groups is 2. The average molecular weight is 487 g/mol. The summed E-state index contributed by atoms with van der Waals surface area (Å²) in [5.74, 6) is 0.957. The van der Waals surface area contributed by atoms with Crippen LogP contribution >= 0.6 is 11.3 Å². The van der Waals surface area contributed by atoms with Crippen molar-refractivity contribution < 1.29 is 9.59 Å². The smallest absolute Gasteiger partial charge is 0.273 e. The maximum absolute atomic E-state index is 13.1. The Kier molecular flexibility index (Phi) is 5.58. The summed E-state index contributed by atoms with van der Waals surface area (Å²) in [6.07, 6.45) is 3.81. The van der Waals surface area contributed by atoms with Crippen LogP contribution in [0.3, 0.4) is 0 Å². The van der Waals surface area contributed by atoms with Gasteiger partial charge < -0.3 is 14.4 Å². The van der Waals surface area contributed by atoms with Crippen LogP contribution in [0.4, 0.5) is 0 Å². The molecule has 0 spiro atoms. The van der Waals surface area contributed by atoms with Crippen LogP contribution in [0.5, 0.6) is 0 Å². The third-order valence-electron chi connectivity index (χ3n) is 7.00. The van der Waals surface area contributed by atoms with Crippen molar-refractivity contribution in [2.45, 2.75) is 13.0 Å². The summed E-state index contributed by atoms with van der Waals surface area (Å²) in [5, 5.41) is 2.83. The van der Waals surface area contributed by atoms with E-state index in [1.165, 1.54) is 11.3 Å². The molecule has 0 unspecified atom stereocenters. The molecule has 35 heavy (non-hydrogen) atoms. The van der Waals surface area contributed by atoms with E-state index in [-0.39, 0.29) is 11.8 Å². The molecule has 6 rings (SSSR count). The van der Waals surface area contributed by atoms with Crippen LogP contribution < -0.4 is 0 Å². The molecule has 2 aliphatic heterocycles. The Labute approximate surface area is 207 Å². The van der Waals surface area contributed by atoms with Gasteiger partial charge in [0.15, 0.2) is 0 Å². The van der Waals surface area contributed by atoms with E-state index in [2.05, 4.69) is 26.4 Å². The number of rotatable bonds is 4. The summed E-state index contributed by atoms with van der Waals surface area (Å²) in [6, 6.07) is 12.3. The molecule has 2 amide bonds. The quantitative estimate of drug-likeness (QED) is 0.443. The number of hydrogen-bond acceptors (Lipinski definition) is 6. The fourth-order valence-corrected chi connectivity index (χ4v) is 5.46. The highest BCUT2D eigenvalue weighted by Crippen LogP contribution is 2.24. The van der Waals surface area contributed by atoms with E-state index >= 15 is 0 Å². The largest absolute Gasteiger partial charge is 0.335 e. The van der Waals surface area contributed by atoms with Crippen LogP contribution in [0.2, 0.25) is 0 Å². The van der Waals surface area contributed by atoms with Gasteiger partial charge in [0, 0.05) is 74.0 Å². The highest BCUT2D eigenvalue weighted by atomic mass is 32.1. The number of benzene rings is 1. The SMILES string of the molecule is Cc1ccnc(-n2ccc3cc(C(=O)N4CC(N5CCN(C(=O)c6cscn6)CC5)C4)ccc32)c1. The van der Waals surface area contributed by atoms with Gasteiger partial charge in [-0.05, 0) is 48.9 Å². The summed E-state index contributed by atoms with van der Waals surface area (Å²) in [5.41, 5.74) is 5.13. The summed E-state index contributed by atoms with van der Waals surface area (Å²) in [4.78, 5) is 40.4. The summed E-state index contributed by atoms with van der Waals surface area (Å²) < 4.78 is 2.05.